The lowest BCUT2D eigenvalue weighted by Gasteiger charge is -2.12. The van der Waals surface area contributed by atoms with Gasteiger partial charge in [-0.1, -0.05) is 25.1 Å². The molecule has 0 radical (unpaired) electrons. The van der Waals surface area contributed by atoms with E-state index in [1.165, 1.54) is 5.56 Å². The highest BCUT2D eigenvalue weighted by Crippen LogP contribution is 2.20. The molecule has 2 aromatic rings. The van der Waals surface area contributed by atoms with Crippen molar-refractivity contribution >= 4 is 17.6 Å². The van der Waals surface area contributed by atoms with Crippen molar-refractivity contribution in [1.29, 1.82) is 0 Å². The van der Waals surface area contributed by atoms with E-state index in [2.05, 4.69) is 33.3 Å². The van der Waals surface area contributed by atoms with Crippen LogP contribution in [0.5, 0.6) is 6.01 Å². The minimum atomic E-state index is -0.0208. The largest absolute Gasteiger partial charge is 0.461 e. The summed E-state index contributed by atoms with van der Waals surface area (Å²) in [5.74, 6) is 0.515. The zero-order valence-electron chi connectivity index (χ0n) is 11.9. The Hall–Kier alpha value is -2.37. The molecule has 0 unspecified atom stereocenters. The van der Waals surface area contributed by atoms with Gasteiger partial charge in [-0.2, -0.15) is 15.0 Å². The number of para-hydroxylation sites is 1. The molecule has 1 aromatic carbocycles. The molecule has 0 saturated heterocycles. The first-order valence-electron chi connectivity index (χ1n) is 6.61. The Kier molecular flexibility index (Phi) is 4.34. The summed E-state index contributed by atoms with van der Waals surface area (Å²) in [7, 11) is 0. The number of nitrogens with two attached hydrogens (primary N) is 1. The molecule has 1 heterocycles. The number of ether oxygens (including phenoxy) is 1. The summed E-state index contributed by atoms with van der Waals surface area (Å²) in [5.41, 5.74) is 7.81. The van der Waals surface area contributed by atoms with Crippen LogP contribution < -0.4 is 15.8 Å². The van der Waals surface area contributed by atoms with Crippen molar-refractivity contribution in [3.8, 4) is 6.01 Å². The van der Waals surface area contributed by atoms with Gasteiger partial charge in [0.25, 0.3) is 0 Å². The molecular formula is C14H19N5O. The van der Waals surface area contributed by atoms with E-state index in [0.717, 1.165) is 12.1 Å². The van der Waals surface area contributed by atoms with Crippen LogP contribution in [0.25, 0.3) is 0 Å². The second-order valence-corrected chi connectivity index (χ2v) is 4.60. The maximum atomic E-state index is 5.68. The maximum absolute atomic E-state index is 5.68. The summed E-state index contributed by atoms with van der Waals surface area (Å²) in [6.07, 6.45) is 0.895. The minimum Gasteiger partial charge on any atom is -0.461 e. The van der Waals surface area contributed by atoms with Gasteiger partial charge in [0.15, 0.2) is 0 Å². The van der Waals surface area contributed by atoms with Gasteiger partial charge in [0, 0.05) is 5.69 Å². The second-order valence-electron chi connectivity index (χ2n) is 4.60. The van der Waals surface area contributed by atoms with E-state index >= 15 is 0 Å². The van der Waals surface area contributed by atoms with Crippen LogP contribution in [0.2, 0.25) is 0 Å². The SMILES string of the molecule is CCc1ccccc1Nc1nc(N)nc(OC(C)C)n1. The fraction of sp³-hybridized carbons (Fsp3) is 0.357. The molecule has 0 amide bonds. The molecule has 3 N–H and O–H groups in total. The fourth-order valence-corrected chi connectivity index (χ4v) is 1.76. The van der Waals surface area contributed by atoms with Gasteiger partial charge in [-0.25, -0.2) is 0 Å². The molecule has 6 nitrogen and oxygen atoms in total. The number of nitrogen functional groups attached to an aromatic ring is 1. The van der Waals surface area contributed by atoms with Crippen molar-refractivity contribution in [3.05, 3.63) is 29.8 Å². The topological polar surface area (TPSA) is 86.0 Å². The second kappa shape index (κ2) is 6.18. The Morgan fingerprint density at radius 2 is 1.95 bits per heavy atom. The molecule has 106 valence electrons. The summed E-state index contributed by atoms with van der Waals surface area (Å²) in [6.45, 7) is 5.90. The van der Waals surface area contributed by atoms with Crippen molar-refractivity contribution in [3.63, 3.8) is 0 Å². The predicted octanol–water partition coefficient (Wildman–Crippen LogP) is 2.55. The van der Waals surface area contributed by atoms with E-state index in [9.17, 15) is 0 Å². The lowest BCUT2D eigenvalue weighted by molar-refractivity contribution is 0.222. The lowest BCUT2D eigenvalue weighted by atomic mass is 10.1. The van der Waals surface area contributed by atoms with Crippen molar-refractivity contribution in [2.24, 2.45) is 0 Å². The summed E-state index contributed by atoms with van der Waals surface area (Å²) >= 11 is 0. The quantitative estimate of drug-likeness (QED) is 0.870. The van der Waals surface area contributed by atoms with Crippen LogP contribution in [0.4, 0.5) is 17.6 Å². The molecule has 0 saturated carbocycles. The number of hydrogen-bond acceptors (Lipinski definition) is 6. The molecule has 0 aliphatic carbocycles. The number of aryl methyl sites for hydroxylation is 1. The van der Waals surface area contributed by atoms with Crippen molar-refractivity contribution < 1.29 is 4.74 Å². The highest BCUT2D eigenvalue weighted by molar-refractivity contribution is 5.59. The van der Waals surface area contributed by atoms with E-state index in [0.29, 0.717) is 5.95 Å². The molecule has 20 heavy (non-hydrogen) atoms. The van der Waals surface area contributed by atoms with E-state index < -0.39 is 0 Å². The predicted molar refractivity (Wildman–Crippen MR) is 79.1 cm³/mol. The third-order valence-electron chi connectivity index (χ3n) is 2.62. The molecular weight excluding hydrogens is 254 g/mol. The number of nitrogens with one attached hydrogen (secondary N) is 1. The number of hydrogen-bond donors (Lipinski definition) is 2. The Balaban J connectivity index is 2.26. The van der Waals surface area contributed by atoms with E-state index in [-0.39, 0.29) is 18.1 Å². The molecule has 0 spiro atoms. The van der Waals surface area contributed by atoms with Crippen LogP contribution in [0, 0.1) is 0 Å². The first kappa shape index (κ1) is 14.0. The average molecular weight is 273 g/mol. The smallest absolute Gasteiger partial charge is 0.323 e. The van der Waals surface area contributed by atoms with Crippen molar-refractivity contribution in [2.75, 3.05) is 11.1 Å². The van der Waals surface area contributed by atoms with Crippen LogP contribution in [-0.2, 0) is 6.42 Å². The highest BCUT2D eigenvalue weighted by atomic mass is 16.5. The highest BCUT2D eigenvalue weighted by Gasteiger charge is 2.08. The summed E-state index contributed by atoms with van der Waals surface area (Å²) < 4.78 is 5.45. The third kappa shape index (κ3) is 3.57. The molecule has 0 aliphatic rings. The zero-order chi connectivity index (χ0) is 14.5. The number of anilines is 3. The Bertz CT molecular complexity index is 586. The molecule has 0 aliphatic heterocycles. The average Bonchev–Trinajstić information content (AvgIpc) is 2.37. The monoisotopic (exact) mass is 273 g/mol. The van der Waals surface area contributed by atoms with Crippen LogP contribution >= 0.6 is 0 Å². The van der Waals surface area contributed by atoms with Crippen molar-refractivity contribution in [1.82, 2.24) is 15.0 Å². The van der Waals surface area contributed by atoms with Crippen LogP contribution in [0.3, 0.4) is 0 Å². The Morgan fingerprint density at radius 1 is 1.20 bits per heavy atom. The molecule has 6 heteroatoms. The molecule has 1 aromatic heterocycles. The first-order chi connectivity index (χ1) is 9.58. The van der Waals surface area contributed by atoms with Gasteiger partial charge in [0.05, 0.1) is 6.10 Å². The summed E-state index contributed by atoms with van der Waals surface area (Å²) in [5, 5.41) is 3.16. The number of nitrogens with zero attached hydrogens (tertiary/aromatic N) is 3. The molecule has 0 fully saturated rings. The zero-order valence-corrected chi connectivity index (χ0v) is 11.9. The number of benzene rings is 1. The summed E-state index contributed by atoms with van der Waals surface area (Å²) in [6, 6.07) is 8.21. The van der Waals surface area contributed by atoms with Gasteiger partial charge in [-0.15, -0.1) is 0 Å². The Labute approximate surface area is 118 Å². The van der Waals surface area contributed by atoms with Gasteiger partial charge in [0.2, 0.25) is 11.9 Å². The minimum absolute atomic E-state index is 0.0208. The Morgan fingerprint density at radius 3 is 2.65 bits per heavy atom. The molecule has 0 bridgehead atoms. The van der Waals surface area contributed by atoms with Crippen molar-refractivity contribution in [2.45, 2.75) is 33.3 Å². The lowest BCUT2D eigenvalue weighted by Crippen LogP contribution is -2.12. The van der Waals surface area contributed by atoms with Gasteiger partial charge >= 0.3 is 6.01 Å². The third-order valence-corrected chi connectivity index (χ3v) is 2.62. The van der Waals surface area contributed by atoms with E-state index in [4.69, 9.17) is 10.5 Å². The van der Waals surface area contributed by atoms with E-state index in [1.807, 2.05) is 32.0 Å². The first-order valence-corrected chi connectivity index (χ1v) is 6.61. The van der Waals surface area contributed by atoms with Crippen LogP contribution in [0.1, 0.15) is 26.3 Å². The van der Waals surface area contributed by atoms with Gasteiger partial charge < -0.3 is 15.8 Å². The van der Waals surface area contributed by atoms with Gasteiger partial charge in [-0.05, 0) is 31.9 Å². The molecule has 0 atom stereocenters. The normalized spacial score (nSPS) is 10.6. The number of rotatable bonds is 5. The standard InChI is InChI=1S/C14H19N5O/c1-4-10-7-5-6-8-11(10)16-13-17-12(15)18-14(19-13)20-9(2)3/h5-9H,4H2,1-3H3,(H3,15,16,17,18,19). The fourth-order valence-electron chi connectivity index (χ4n) is 1.76. The molecule has 2 rings (SSSR count). The number of aromatic nitrogens is 3. The maximum Gasteiger partial charge on any atom is 0.323 e. The van der Waals surface area contributed by atoms with E-state index in [1.54, 1.807) is 0 Å². The summed E-state index contributed by atoms with van der Waals surface area (Å²) in [4.78, 5) is 12.2. The van der Waals surface area contributed by atoms with Crippen LogP contribution in [0.15, 0.2) is 24.3 Å². The van der Waals surface area contributed by atoms with Gasteiger partial charge in [-0.3, -0.25) is 0 Å². The van der Waals surface area contributed by atoms with Gasteiger partial charge in [0.1, 0.15) is 0 Å². The van der Waals surface area contributed by atoms with Crippen LogP contribution in [-0.4, -0.2) is 21.1 Å².